The van der Waals surface area contributed by atoms with E-state index >= 15 is 0 Å². The molecule has 0 atom stereocenters. The number of hydrogen-bond donors (Lipinski definition) is 2. The van der Waals surface area contributed by atoms with Gasteiger partial charge in [-0.1, -0.05) is 36.4 Å². The fraction of sp³-hybridized carbons (Fsp3) is 0.200. The molecule has 7 nitrogen and oxygen atoms in total. The molecule has 0 unspecified atom stereocenters. The average Bonchev–Trinajstić information content (AvgIpc) is 3.25. The van der Waals surface area contributed by atoms with Gasteiger partial charge in [0.1, 0.15) is 0 Å². The minimum Gasteiger partial charge on any atom is -0.322 e. The molecule has 1 saturated heterocycles. The maximum absolute atomic E-state index is 12.9. The van der Waals surface area contributed by atoms with Crippen molar-refractivity contribution >= 4 is 33.2 Å². The molecule has 1 aliphatic rings. The summed E-state index contributed by atoms with van der Waals surface area (Å²) >= 11 is 0. The third-order valence-electron chi connectivity index (χ3n) is 5.58. The average molecular weight is 464 g/mol. The fourth-order valence-electron chi connectivity index (χ4n) is 3.71. The second-order valence-electron chi connectivity index (χ2n) is 7.94. The highest BCUT2D eigenvalue weighted by atomic mass is 32.2. The molecule has 0 saturated carbocycles. The van der Waals surface area contributed by atoms with E-state index in [0.29, 0.717) is 24.2 Å². The second kappa shape index (κ2) is 9.56. The van der Waals surface area contributed by atoms with E-state index in [2.05, 4.69) is 10.0 Å². The molecular weight excluding hydrogens is 438 g/mol. The monoisotopic (exact) mass is 463 g/mol. The highest BCUT2D eigenvalue weighted by molar-refractivity contribution is 7.89. The number of aryl methyl sites for hydroxylation is 1. The molecule has 0 radical (unpaired) electrons. The van der Waals surface area contributed by atoms with E-state index in [0.717, 1.165) is 17.7 Å². The number of nitrogens with one attached hydrogen (secondary N) is 2. The predicted molar refractivity (Wildman–Crippen MR) is 128 cm³/mol. The van der Waals surface area contributed by atoms with E-state index in [1.165, 1.54) is 12.1 Å². The van der Waals surface area contributed by atoms with Crippen LogP contribution in [0.15, 0.2) is 77.7 Å². The van der Waals surface area contributed by atoms with E-state index in [-0.39, 0.29) is 22.9 Å². The highest BCUT2D eigenvalue weighted by Gasteiger charge is 2.22. The largest absolute Gasteiger partial charge is 0.322 e. The van der Waals surface area contributed by atoms with E-state index in [9.17, 15) is 18.0 Å². The summed E-state index contributed by atoms with van der Waals surface area (Å²) in [6.45, 7) is 2.61. The molecule has 1 fully saturated rings. The van der Waals surface area contributed by atoms with E-state index in [1.54, 1.807) is 42.2 Å². The first-order valence-electron chi connectivity index (χ1n) is 10.7. The predicted octanol–water partition coefficient (Wildman–Crippen LogP) is 3.85. The maximum atomic E-state index is 12.9. The molecule has 0 aliphatic carbocycles. The first-order valence-corrected chi connectivity index (χ1v) is 12.2. The van der Waals surface area contributed by atoms with Crippen LogP contribution in [0.4, 0.5) is 11.4 Å². The van der Waals surface area contributed by atoms with Crippen LogP contribution in [0.25, 0.3) is 0 Å². The lowest BCUT2D eigenvalue weighted by Gasteiger charge is -2.16. The van der Waals surface area contributed by atoms with Crippen molar-refractivity contribution in [2.75, 3.05) is 16.8 Å². The van der Waals surface area contributed by atoms with Gasteiger partial charge in [0, 0.05) is 36.4 Å². The maximum Gasteiger partial charge on any atom is 0.255 e. The van der Waals surface area contributed by atoms with Crippen LogP contribution in [-0.4, -0.2) is 26.8 Å². The molecule has 8 heteroatoms. The van der Waals surface area contributed by atoms with Gasteiger partial charge in [-0.3, -0.25) is 9.59 Å². The van der Waals surface area contributed by atoms with Crippen LogP contribution in [0, 0.1) is 6.92 Å². The number of carbonyl (C=O) groups is 2. The standard InChI is InChI=1S/C25H25N3O4S/c1-18-9-14-22(33(31,32)26-17-19-6-3-2-4-7-19)16-23(18)25(30)27-20-10-12-21(13-11-20)28-15-5-8-24(28)29/h2-4,6-7,9-14,16,26H,5,8,15,17H2,1H3,(H,27,30). The zero-order valence-electron chi connectivity index (χ0n) is 18.2. The Balaban J connectivity index is 1.47. The SMILES string of the molecule is Cc1ccc(S(=O)(=O)NCc2ccccc2)cc1C(=O)Nc1ccc(N2CCCC2=O)cc1. The molecule has 1 heterocycles. The third-order valence-corrected chi connectivity index (χ3v) is 6.98. The second-order valence-corrected chi connectivity index (χ2v) is 9.70. The zero-order valence-corrected chi connectivity index (χ0v) is 19.1. The number of rotatable bonds is 7. The normalized spacial score (nSPS) is 13.8. The quantitative estimate of drug-likeness (QED) is 0.556. The first kappa shape index (κ1) is 22.7. The molecule has 1 aliphatic heterocycles. The molecule has 170 valence electrons. The Hall–Kier alpha value is -3.49. The summed E-state index contributed by atoms with van der Waals surface area (Å²) in [5.74, 6) is -0.307. The van der Waals surface area contributed by atoms with E-state index < -0.39 is 15.9 Å². The van der Waals surface area contributed by atoms with Crippen molar-refractivity contribution in [3.63, 3.8) is 0 Å². The van der Waals surface area contributed by atoms with Crippen molar-refractivity contribution in [2.45, 2.75) is 31.2 Å². The summed E-state index contributed by atoms with van der Waals surface area (Å²) in [7, 11) is -3.79. The van der Waals surface area contributed by atoms with Crippen molar-refractivity contribution in [2.24, 2.45) is 0 Å². The number of hydrogen-bond acceptors (Lipinski definition) is 4. The summed E-state index contributed by atoms with van der Waals surface area (Å²) in [5, 5.41) is 2.81. The molecule has 0 aromatic heterocycles. The Morgan fingerprint density at radius 1 is 1.00 bits per heavy atom. The first-order chi connectivity index (χ1) is 15.8. The van der Waals surface area contributed by atoms with Crippen LogP contribution >= 0.6 is 0 Å². The number of amides is 2. The Morgan fingerprint density at radius 3 is 2.39 bits per heavy atom. The zero-order chi connectivity index (χ0) is 23.4. The van der Waals surface area contributed by atoms with Crippen LogP contribution in [0.1, 0.15) is 34.3 Å². The summed E-state index contributed by atoms with van der Waals surface area (Å²) in [5.41, 5.74) is 3.13. The van der Waals surface area contributed by atoms with Crippen LogP contribution in [0.2, 0.25) is 0 Å². The fourth-order valence-corrected chi connectivity index (χ4v) is 4.76. The summed E-state index contributed by atoms with van der Waals surface area (Å²) < 4.78 is 28.1. The van der Waals surface area contributed by atoms with Crippen molar-refractivity contribution < 1.29 is 18.0 Å². The highest BCUT2D eigenvalue weighted by Crippen LogP contribution is 2.24. The van der Waals surface area contributed by atoms with Gasteiger partial charge in [-0.25, -0.2) is 13.1 Å². The lowest BCUT2D eigenvalue weighted by Crippen LogP contribution is -2.24. The smallest absolute Gasteiger partial charge is 0.255 e. The number of sulfonamides is 1. The molecular formula is C25H25N3O4S. The molecule has 0 bridgehead atoms. The molecule has 0 spiro atoms. The van der Waals surface area contributed by atoms with Gasteiger partial charge in [0.05, 0.1) is 4.90 Å². The van der Waals surface area contributed by atoms with Crippen LogP contribution in [-0.2, 0) is 21.4 Å². The van der Waals surface area contributed by atoms with Crippen LogP contribution in [0.5, 0.6) is 0 Å². The van der Waals surface area contributed by atoms with Crippen molar-refractivity contribution in [3.05, 3.63) is 89.5 Å². The van der Waals surface area contributed by atoms with Gasteiger partial charge in [0.2, 0.25) is 15.9 Å². The van der Waals surface area contributed by atoms with Gasteiger partial charge in [-0.2, -0.15) is 0 Å². The summed E-state index contributed by atoms with van der Waals surface area (Å²) in [4.78, 5) is 26.6. The van der Waals surface area contributed by atoms with Gasteiger partial charge in [-0.15, -0.1) is 0 Å². The van der Waals surface area contributed by atoms with Gasteiger partial charge in [-0.05, 0) is 60.9 Å². The number of benzene rings is 3. The van der Waals surface area contributed by atoms with Crippen LogP contribution in [0.3, 0.4) is 0 Å². The van der Waals surface area contributed by atoms with Gasteiger partial charge < -0.3 is 10.2 Å². The molecule has 2 N–H and O–H groups in total. The molecule has 4 rings (SSSR count). The third kappa shape index (κ3) is 5.30. The number of nitrogens with zero attached hydrogens (tertiary/aromatic N) is 1. The topological polar surface area (TPSA) is 95.6 Å². The van der Waals surface area contributed by atoms with Gasteiger partial charge in [0.25, 0.3) is 5.91 Å². The van der Waals surface area contributed by atoms with Crippen molar-refractivity contribution in [1.29, 1.82) is 0 Å². The number of carbonyl (C=O) groups excluding carboxylic acids is 2. The van der Waals surface area contributed by atoms with Gasteiger partial charge >= 0.3 is 0 Å². The number of anilines is 2. The Labute approximate surface area is 193 Å². The Kier molecular flexibility index (Phi) is 6.57. The molecule has 2 amide bonds. The summed E-state index contributed by atoms with van der Waals surface area (Å²) in [6.07, 6.45) is 1.40. The molecule has 33 heavy (non-hydrogen) atoms. The lowest BCUT2D eigenvalue weighted by atomic mass is 10.1. The Bertz CT molecular complexity index is 1270. The summed E-state index contributed by atoms with van der Waals surface area (Å²) in [6, 6.07) is 20.8. The van der Waals surface area contributed by atoms with E-state index in [4.69, 9.17) is 0 Å². The van der Waals surface area contributed by atoms with Crippen LogP contribution < -0.4 is 14.9 Å². The molecule has 3 aromatic carbocycles. The minimum absolute atomic E-state index is 0.0251. The van der Waals surface area contributed by atoms with Gasteiger partial charge in [0.15, 0.2) is 0 Å². The Morgan fingerprint density at radius 2 is 1.73 bits per heavy atom. The lowest BCUT2D eigenvalue weighted by molar-refractivity contribution is -0.117. The van der Waals surface area contributed by atoms with Crippen molar-refractivity contribution in [3.8, 4) is 0 Å². The van der Waals surface area contributed by atoms with Crippen molar-refractivity contribution in [1.82, 2.24) is 4.72 Å². The minimum atomic E-state index is -3.79. The molecule has 3 aromatic rings. The van der Waals surface area contributed by atoms with E-state index in [1.807, 2.05) is 30.3 Å².